The van der Waals surface area contributed by atoms with Crippen molar-refractivity contribution in [2.45, 2.75) is 19.5 Å². The van der Waals surface area contributed by atoms with Crippen molar-refractivity contribution in [3.8, 4) is 0 Å². The Balaban J connectivity index is 1.88. The van der Waals surface area contributed by atoms with E-state index >= 15 is 0 Å². The SMILES string of the molecule is Cc1nc(Cl)cc(NC(Cn2cncn2)c2ccccc2)n1. The average molecular weight is 315 g/mol. The van der Waals surface area contributed by atoms with E-state index in [4.69, 9.17) is 11.6 Å². The zero-order valence-electron chi connectivity index (χ0n) is 12.0. The number of aromatic nitrogens is 5. The number of aryl methyl sites for hydroxylation is 1. The zero-order chi connectivity index (χ0) is 15.4. The largest absolute Gasteiger partial charge is 0.361 e. The Morgan fingerprint density at radius 2 is 2.05 bits per heavy atom. The third-order valence-electron chi connectivity index (χ3n) is 3.17. The number of hydrogen-bond acceptors (Lipinski definition) is 5. The van der Waals surface area contributed by atoms with Gasteiger partial charge < -0.3 is 5.32 Å². The molecule has 1 unspecified atom stereocenters. The van der Waals surface area contributed by atoms with Gasteiger partial charge in [-0.15, -0.1) is 0 Å². The van der Waals surface area contributed by atoms with Crippen LogP contribution < -0.4 is 5.32 Å². The van der Waals surface area contributed by atoms with Crippen LogP contribution in [0.25, 0.3) is 0 Å². The highest BCUT2D eigenvalue weighted by atomic mass is 35.5. The molecule has 7 heteroatoms. The van der Waals surface area contributed by atoms with Gasteiger partial charge in [-0.1, -0.05) is 41.9 Å². The Hall–Kier alpha value is -2.47. The van der Waals surface area contributed by atoms with Gasteiger partial charge in [-0.25, -0.2) is 15.0 Å². The third-order valence-corrected chi connectivity index (χ3v) is 3.36. The van der Waals surface area contributed by atoms with Crippen LogP contribution in [0.5, 0.6) is 0 Å². The normalized spacial score (nSPS) is 12.1. The van der Waals surface area contributed by atoms with Crippen molar-refractivity contribution in [3.05, 3.63) is 65.6 Å². The van der Waals surface area contributed by atoms with Crippen molar-refractivity contribution in [2.75, 3.05) is 5.32 Å². The van der Waals surface area contributed by atoms with E-state index in [0.29, 0.717) is 23.3 Å². The minimum Gasteiger partial charge on any atom is -0.361 e. The molecule has 112 valence electrons. The van der Waals surface area contributed by atoms with Crippen LogP contribution in [0.2, 0.25) is 5.15 Å². The molecule has 0 spiro atoms. The van der Waals surface area contributed by atoms with Gasteiger partial charge in [0, 0.05) is 6.07 Å². The second-order valence-electron chi connectivity index (χ2n) is 4.85. The van der Waals surface area contributed by atoms with E-state index in [1.54, 1.807) is 17.1 Å². The van der Waals surface area contributed by atoms with Crippen molar-refractivity contribution in [2.24, 2.45) is 0 Å². The lowest BCUT2D eigenvalue weighted by Gasteiger charge is -2.20. The lowest BCUT2D eigenvalue weighted by atomic mass is 10.1. The molecule has 3 rings (SSSR count). The molecular weight excluding hydrogens is 300 g/mol. The summed E-state index contributed by atoms with van der Waals surface area (Å²) in [6.45, 7) is 2.44. The molecule has 2 heterocycles. The van der Waals surface area contributed by atoms with Crippen molar-refractivity contribution in [1.29, 1.82) is 0 Å². The monoisotopic (exact) mass is 314 g/mol. The minimum absolute atomic E-state index is 0.00623. The number of hydrogen-bond donors (Lipinski definition) is 1. The maximum atomic E-state index is 6.00. The van der Waals surface area contributed by atoms with Gasteiger partial charge in [-0.3, -0.25) is 4.68 Å². The number of nitrogens with zero attached hydrogens (tertiary/aromatic N) is 5. The lowest BCUT2D eigenvalue weighted by Crippen LogP contribution is -2.19. The number of halogens is 1. The second-order valence-corrected chi connectivity index (χ2v) is 5.24. The van der Waals surface area contributed by atoms with Crippen LogP contribution in [-0.4, -0.2) is 24.7 Å². The molecule has 0 radical (unpaired) electrons. The molecule has 0 aliphatic rings. The molecule has 0 aliphatic heterocycles. The van der Waals surface area contributed by atoms with Gasteiger partial charge in [0.15, 0.2) is 0 Å². The van der Waals surface area contributed by atoms with Crippen LogP contribution in [0.15, 0.2) is 49.1 Å². The van der Waals surface area contributed by atoms with Gasteiger partial charge in [-0.05, 0) is 12.5 Å². The fraction of sp³-hybridized carbons (Fsp3) is 0.200. The highest BCUT2D eigenvalue weighted by Gasteiger charge is 2.14. The molecule has 3 aromatic rings. The molecule has 0 saturated carbocycles. The quantitative estimate of drug-likeness (QED) is 0.733. The first-order valence-corrected chi connectivity index (χ1v) is 7.23. The van der Waals surface area contributed by atoms with Crippen LogP contribution in [0.4, 0.5) is 5.82 Å². The maximum absolute atomic E-state index is 6.00. The summed E-state index contributed by atoms with van der Waals surface area (Å²) in [4.78, 5) is 12.4. The molecular formula is C15H15ClN6. The topological polar surface area (TPSA) is 68.5 Å². The minimum atomic E-state index is -0.00623. The molecule has 0 fully saturated rings. The highest BCUT2D eigenvalue weighted by molar-refractivity contribution is 6.29. The van der Waals surface area contributed by atoms with Gasteiger partial charge >= 0.3 is 0 Å². The van der Waals surface area contributed by atoms with Gasteiger partial charge in [0.2, 0.25) is 0 Å². The first-order valence-electron chi connectivity index (χ1n) is 6.86. The molecule has 1 atom stereocenters. The van der Waals surface area contributed by atoms with Crippen molar-refractivity contribution >= 4 is 17.4 Å². The smallest absolute Gasteiger partial charge is 0.137 e. The average Bonchev–Trinajstić information content (AvgIpc) is 2.99. The zero-order valence-corrected chi connectivity index (χ0v) is 12.8. The van der Waals surface area contributed by atoms with E-state index < -0.39 is 0 Å². The fourth-order valence-electron chi connectivity index (χ4n) is 2.22. The van der Waals surface area contributed by atoms with E-state index in [0.717, 1.165) is 5.56 Å². The standard InChI is InChI=1S/C15H15ClN6/c1-11-19-14(16)7-15(20-11)21-13(8-22-10-17-9-18-22)12-5-3-2-4-6-12/h2-7,9-10,13H,8H2,1H3,(H,19,20,21). The molecule has 0 amide bonds. The van der Waals surface area contributed by atoms with E-state index in [1.807, 2.05) is 25.1 Å². The lowest BCUT2D eigenvalue weighted by molar-refractivity contribution is 0.548. The molecule has 0 aliphatic carbocycles. The van der Waals surface area contributed by atoms with Gasteiger partial charge in [0.1, 0.15) is 29.5 Å². The summed E-state index contributed by atoms with van der Waals surface area (Å²) < 4.78 is 1.78. The molecule has 1 N–H and O–H groups in total. The number of rotatable bonds is 5. The predicted octanol–water partition coefficient (Wildman–Crippen LogP) is 2.88. The second kappa shape index (κ2) is 6.53. The Labute approximate surface area is 133 Å². The highest BCUT2D eigenvalue weighted by Crippen LogP contribution is 2.21. The summed E-state index contributed by atoms with van der Waals surface area (Å²) in [5, 5.41) is 7.98. The molecule has 0 bridgehead atoms. The van der Waals surface area contributed by atoms with Crippen LogP contribution in [0, 0.1) is 6.92 Å². The first kappa shape index (κ1) is 14.5. The number of anilines is 1. The molecule has 1 aromatic carbocycles. The Bertz CT molecular complexity index is 709. The van der Waals surface area contributed by atoms with E-state index in [1.165, 1.54) is 6.33 Å². The summed E-state index contributed by atoms with van der Waals surface area (Å²) in [6.07, 6.45) is 3.21. The third kappa shape index (κ3) is 3.59. The number of benzene rings is 1. The Kier molecular flexibility index (Phi) is 4.29. The first-order chi connectivity index (χ1) is 10.7. The van der Waals surface area contributed by atoms with Gasteiger partial charge in [-0.2, -0.15) is 5.10 Å². The summed E-state index contributed by atoms with van der Waals surface area (Å²) in [6, 6.07) is 11.8. The molecule has 6 nitrogen and oxygen atoms in total. The Morgan fingerprint density at radius 1 is 1.23 bits per heavy atom. The summed E-state index contributed by atoms with van der Waals surface area (Å²) in [7, 11) is 0. The van der Waals surface area contributed by atoms with Crippen molar-refractivity contribution in [3.63, 3.8) is 0 Å². The van der Waals surface area contributed by atoms with E-state index in [9.17, 15) is 0 Å². The number of nitrogens with one attached hydrogen (secondary N) is 1. The van der Waals surface area contributed by atoms with Crippen LogP contribution in [-0.2, 0) is 6.54 Å². The predicted molar refractivity (Wildman–Crippen MR) is 84.6 cm³/mol. The van der Waals surface area contributed by atoms with Crippen molar-refractivity contribution < 1.29 is 0 Å². The van der Waals surface area contributed by atoms with E-state index in [-0.39, 0.29) is 6.04 Å². The van der Waals surface area contributed by atoms with Crippen LogP contribution >= 0.6 is 11.6 Å². The Morgan fingerprint density at radius 3 is 2.73 bits per heavy atom. The molecule has 2 aromatic heterocycles. The van der Waals surface area contributed by atoms with Gasteiger partial charge in [0.25, 0.3) is 0 Å². The fourth-order valence-corrected chi connectivity index (χ4v) is 2.44. The maximum Gasteiger partial charge on any atom is 0.137 e. The van der Waals surface area contributed by atoms with E-state index in [2.05, 4.69) is 37.5 Å². The molecule has 22 heavy (non-hydrogen) atoms. The van der Waals surface area contributed by atoms with Crippen LogP contribution in [0.3, 0.4) is 0 Å². The van der Waals surface area contributed by atoms with Crippen molar-refractivity contribution in [1.82, 2.24) is 24.7 Å². The molecule has 0 saturated heterocycles. The van der Waals surface area contributed by atoms with Crippen LogP contribution in [0.1, 0.15) is 17.4 Å². The summed E-state index contributed by atoms with van der Waals surface area (Å²) in [5.74, 6) is 1.31. The van der Waals surface area contributed by atoms with Gasteiger partial charge in [0.05, 0.1) is 12.6 Å². The summed E-state index contributed by atoms with van der Waals surface area (Å²) >= 11 is 6.00. The summed E-state index contributed by atoms with van der Waals surface area (Å²) in [5.41, 5.74) is 1.13.